The third kappa shape index (κ3) is 5.38. The SMILES string of the molecule is CNC(=O)Cc1ccc(CCCCc2ccncc2)cc1. The Bertz CT molecular complexity index is 549. The first-order chi connectivity index (χ1) is 10.3. The molecule has 0 atom stereocenters. The highest BCUT2D eigenvalue weighted by Crippen LogP contribution is 2.10. The largest absolute Gasteiger partial charge is 0.359 e. The minimum Gasteiger partial charge on any atom is -0.359 e. The lowest BCUT2D eigenvalue weighted by Crippen LogP contribution is -2.19. The van der Waals surface area contributed by atoms with Gasteiger partial charge in [-0.1, -0.05) is 24.3 Å². The summed E-state index contributed by atoms with van der Waals surface area (Å²) in [4.78, 5) is 15.3. The molecule has 0 fully saturated rings. The van der Waals surface area contributed by atoms with Crippen molar-refractivity contribution < 1.29 is 4.79 Å². The van der Waals surface area contributed by atoms with E-state index in [1.54, 1.807) is 7.05 Å². The van der Waals surface area contributed by atoms with Crippen LogP contribution < -0.4 is 5.32 Å². The van der Waals surface area contributed by atoms with Crippen LogP contribution in [0.3, 0.4) is 0 Å². The monoisotopic (exact) mass is 282 g/mol. The summed E-state index contributed by atoms with van der Waals surface area (Å²) in [6.45, 7) is 0. The molecule has 0 saturated heterocycles. The van der Waals surface area contributed by atoms with Crippen molar-refractivity contribution in [3.05, 3.63) is 65.5 Å². The molecule has 1 amide bonds. The number of carbonyl (C=O) groups excluding carboxylic acids is 1. The summed E-state index contributed by atoms with van der Waals surface area (Å²) in [6.07, 6.45) is 8.71. The Labute approximate surface area is 126 Å². The number of hydrogen-bond acceptors (Lipinski definition) is 2. The standard InChI is InChI=1S/C18H22N2O/c1-19-18(21)14-17-8-6-15(7-9-17)4-2-3-5-16-10-12-20-13-11-16/h6-13H,2-5,14H2,1H3,(H,19,21). The number of nitrogens with zero attached hydrogens (tertiary/aromatic N) is 1. The number of aromatic nitrogens is 1. The number of benzene rings is 1. The third-order valence-electron chi connectivity index (χ3n) is 3.60. The van der Waals surface area contributed by atoms with Gasteiger partial charge in [-0.25, -0.2) is 0 Å². The number of carbonyl (C=O) groups is 1. The van der Waals surface area contributed by atoms with Crippen LogP contribution in [0.25, 0.3) is 0 Å². The van der Waals surface area contributed by atoms with Crippen LogP contribution in [0.2, 0.25) is 0 Å². The summed E-state index contributed by atoms with van der Waals surface area (Å²) in [5, 5.41) is 2.64. The number of hydrogen-bond donors (Lipinski definition) is 1. The molecule has 1 heterocycles. The van der Waals surface area contributed by atoms with Crippen LogP contribution in [0.15, 0.2) is 48.8 Å². The van der Waals surface area contributed by atoms with Gasteiger partial charge in [0.05, 0.1) is 6.42 Å². The molecular formula is C18H22N2O. The van der Waals surface area contributed by atoms with Crippen LogP contribution in [0.1, 0.15) is 29.5 Å². The molecule has 0 saturated carbocycles. The zero-order valence-corrected chi connectivity index (χ0v) is 12.5. The van der Waals surface area contributed by atoms with Crippen molar-refractivity contribution in [3.8, 4) is 0 Å². The predicted molar refractivity (Wildman–Crippen MR) is 85.1 cm³/mol. The highest BCUT2D eigenvalue weighted by molar-refractivity contribution is 5.78. The van der Waals surface area contributed by atoms with Crippen LogP contribution in [0.4, 0.5) is 0 Å². The molecule has 0 aliphatic rings. The fourth-order valence-electron chi connectivity index (χ4n) is 2.31. The number of rotatable bonds is 7. The summed E-state index contributed by atoms with van der Waals surface area (Å²) in [5.41, 5.74) is 3.76. The molecule has 3 nitrogen and oxygen atoms in total. The van der Waals surface area contributed by atoms with E-state index in [2.05, 4.69) is 34.6 Å². The molecule has 0 aliphatic carbocycles. The van der Waals surface area contributed by atoms with E-state index in [0.717, 1.165) is 18.4 Å². The van der Waals surface area contributed by atoms with E-state index in [-0.39, 0.29) is 5.91 Å². The van der Waals surface area contributed by atoms with Gasteiger partial charge < -0.3 is 5.32 Å². The van der Waals surface area contributed by atoms with Gasteiger partial charge in [0.1, 0.15) is 0 Å². The number of nitrogens with one attached hydrogen (secondary N) is 1. The maximum atomic E-state index is 11.3. The second kappa shape index (κ2) is 8.20. The van der Waals surface area contributed by atoms with Crippen LogP contribution in [-0.2, 0) is 24.1 Å². The lowest BCUT2D eigenvalue weighted by Gasteiger charge is -2.04. The van der Waals surface area contributed by atoms with E-state index in [1.165, 1.54) is 24.0 Å². The van der Waals surface area contributed by atoms with Crippen LogP contribution in [0, 0.1) is 0 Å². The van der Waals surface area contributed by atoms with Crippen LogP contribution in [-0.4, -0.2) is 17.9 Å². The molecule has 2 rings (SSSR count). The van der Waals surface area contributed by atoms with Crippen LogP contribution in [0.5, 0.6) is 0 Å². The van der Waals surface area contributed by atoms with E-state index in [4.69, 9.17) is 0 Å². The highest BCUT2D eigenvalue weighted by atomic mass is 16.1. The Morgan fingerprint density at radius 3 is 2.00 bits per heavy atom. The summed E-state index contributed by atoms with van der Waals surface area (Å²) in [5.74, 6) is 0.0556. The molecule has 0 spiro atoms. The zero-order chi connectivity index (χ0) is 14.9. The van der Waals surface area contributed by atoms with Gasteiger partial charge in [0.25, 0.3) is 0 Å². The molecule has 3 heteroatoms. The van der Waals surface area contributed by atoms with Gasteiger partial charge in [0.2, 0.25) is 5.91 Å². The summed E-state index contributed by atoms with van der Waals surface area (Å²) in [7, 11) is 1.67. The van der Waals surface area contributed by atoms with Gasteiger partial charge in [-0.15, -0.1) is 0 Å². The average Bonchev–Trinajstić information content (AvgIpc) is 2.54. The first kappa shape index (κ1) is 15.2. The van der Waals surface area contributed by atoms with E-state index in [1.807, 2.05) is 24.5 Å². The summed E-state index contributed by atoms with van der Waals surface area (Å²) in [6, 6.07) is 12.5. The van der Waals surface area contributed by atoms with E-state index in [9.17, 15) is 4.79 Å². The molecule has 1 aromatic heterocycles. The number of aryl methyl sites for hydroxylation is 2. The molecule has 1 N–H and O–H groups in total. The average molecular weight is 282 g/mol. The summed E-state index contributed by atoms with van der Waals surface area (Å²) >= 11 is 0. The molecule has 2 aromatic rings. The van der Waals surface area contributed by atoms with Crippen molar-refractivity contribution in [2.24, 2.45) is 0 Å². The fourth-order valence-corrected chi connectivity index (χ4v) is 2.31. The van der Waals surface area contributed by atoms with Crippen molar-refractivity contribution in [2.75, 3.05) is 7.05 Å². The smallest absolute Gasteiger partial charge is 0.224 e. The Balaban J connectivity index is 1.72. The number of pyridine rings is 1. The Morgan fingerprint density at radius 1 is 0.905 bits per heavy atom. The van der Waals surface area contributed by atoms with Gasteiger partial charge in [-0.05, 0) is 54.5 Å². The Morgan fingerprint density at radius 2 is 1.43 bits per heavy atom. The second-order valence-electron chi connectivity index (χ2n) is 5.23. The lowest BCUT2D eigenvalue weighted by molar-refractivity contribution is -0.119. The van der Waals surface area contributed by atoms with Gasteiger partial charge in [-0.2, -0.15) is 0 Å². The van der Waals surface area contributed by atoms with E-state index in [0.29, 0.717) is 6.42 Å². The Kier molecular flexibility index (Phi) is 5.95. The summed E-state index contributed by atoms with van der Waals surface area (Å²) < 4.78 is 0. The fraction of sp³-hybridized carbons (Fsp3) is 0.333. The van der Waals surface area contributed by atoms with Gasteiger partial charge in [-0.3, -0.25) is 9.78 Å². The first-order valence-electron chi connectivity index (χ1n) is 7.45. The number of likely N-dealkylation sites (N-methyl/N-ethyl adjacent to an activating group) is 1. The van der Waals surface area contributed by atoms with Crippen molar-refractivity contribution in [1.29, 1.82) is 0 Å². The molecule has 0 radical (unpaired) electrons. The molecule has 0 aliphatic heterocycles. The first-order valence-corrected chi connectivity index (χ1v) is 7.45. The van der Waals surface area contributed by atoms with E-state index < -0.39 is 0 Å². The quantitative estimate of drug-likeness (QED) is 0.793. The third-order valence-corrected chi connectivity index (χ3v) is 3.60. The molecule has 1 aromatic carbocycles. The topological polar surface area (TPSA) is 42.0 Å². The van der Waals surface area contributed by atoms with Crippen molar-refractivity contribution in [3.63, 3.8) is 0 Å². The predicted octanol–water partition coefficient (Wildman–Crippen LogP) is 2.94. The molecule has 0 unspecified atom stereocenters. The van der Waals surface area contributed by atoms with Crippen molar-refractivity contribution in [1.82, 2.24) is 10.3 Å². The van der Waals surface area contributed by atoms with Crippen molar-refractivity contribution in [2.45, 2.75) is 32.1 Å². The lowest BCUT2D eigenvalue weighted by atomic mass is 10.0. The van der Waals surface area contributed by atoms with Gasteiger partial charge in [0.15, 0.2) is 0 Å². The molecule has 0 bridgehead atoms. The maximum absolute atomic E-state index is 11.3. The van der Waals surface area contributed by atoms with Gasteiger partial charge in [0, 0.05) is 19.4 Å². The normalized spacial score (nSPS) is 10.3. The minimum absolute atomic E-state index is 0.0556. The second-order valence-corrected chi connectivity index (χ2v) is 5.23. The molecule has 110 valence electrons. The maximum Gasteiger partial charge on any atom is 0.224 e. The molecule has 21 heavy (non-hydrogen) atoms. The zero-order valence-electron chi connectivity index (χ0n) is 12.5. The minimum atomic E-state index is 0.0556. The Hall–Kier alpha value is -2.16. The van der Waals surface area contributed by atoms with E-state index >= 15 is 0 Å². The van der Waals surface area contributed by atoms with Crippen molar-refractivity contribution >= 4 is 5.91 Å². The van der Waals surface area contributed by atoms with Crippen LogP contribution >= 0.6 is 0 Å². The highest BCUT2D eigenvalue weighted by Gasteiger charge is 2.01. The number of amides is 1. The van der Waals surface area contributed by atoms with Gasteiger partial charge >= 0.3 is 0 Å². The molecular weight excluding hydrogens is 260 g/mol. The number of unbranched alkanes of at least 4 members (excludes halogenated alkanes) is 1.